The Morgan fingerprint density at radius 3 is 2.04 bits per heavy atom. The van der Waals surface area contributed by atoms with Gasteiger partial charge in [0.25, 0.3) is 0 Å². The SMILES string of the molecule is COc1ccc(C[C@H](NC(=O)[C@@H](CCCNC(C)=O)NC(=O)OC(C)(C)C)C(=O)NC2[C@@H](COP(=O)(O)O[C@@H]3C[C@H](n4ccc(N)nc4=O)O[C@@H]3COP(=O)(O)OCCCCCCNC(=O)CN3CCN4CCN(CCN(CC(=O)O)CC4)CC3)O[C@@H](n3cnc4c(N)ncnc43)[C@H]2O)cc1. The summed E-state index contributed by atoms with van der Waals surface area (Å²) in [6.45, 7) is 12.5. The monoisotopic (exact) mass is 1460 g/mol. The van der Waals surface area contributed by atoms with E-state index in [2.05, 4.69) is 61.2 Å². The number of aliphatic hydroxyl groups excluding tert-OH is 1. The number of phosphoric ester groups is 2. The molecule has 101 heavy (non-hydrogen) atoms. The van der Waals surface area contributed by atoms with Gasteiger partial charge in [0.2, 0.25) is 23.6 Å². The lowest BCUT2D eigenvalue weighted by molar-refractivity contribution is -0.138. The number of carboxylic acid groups (broad SMARTS) is 1. The van der Waals surface area contributed by atoms with Crippen molar-refractivity contribution in [3.63, 3.8) is 0 Å². The number of unbranched alkanes of at least 4 members (excludes halogenated alkanes) is 3. The van der Waals surface area contributed by atoms with Crippen LogP contribution < -0.4 is 48.5 Å². The summed E-state index contributed by atoms with van der Waals surface area (Å²) >= 11 is 0. The molecule has 13 atom stereocenters. The second-order valence-corrected chi connectivity index (χ2v) is 28.8. The number of anilines is 2. The van der Waals surface area contributed by atoms with E-state index in [-0.39, 0.29) is 86.5 Å². The highest BCUT2D eigenvalue weighted by Crippen LogP contribution is 2.51. The van der Waals surface area contributed by atoms with Crippen molar-refractivity contribution in [3.05, 3.63) is 65.2 Å². The van der Waals surface area contributed by atoms with Crippen LogP contribution in [-0.2, 0) is 71.8 Å². The summed E-state index contributed by atoms with van der Waals surface area (Å²) in [5.74, 6) is -2.71. The molecule has 0 saturated carbocycles. The fourth-order valence-corrected chi connectivity index (χ4v) is 13.5. The summed E-state index contributed by atoms with van der Waals surface area (Å²) in [7, 11) is -8.77. The number of nitrogens with one attached hydrogen (secondary N) is 5. The van der Waals surface area contributed by atoms with Crippen molar-refractivity contribution in [2.75, 3.05) is 130 Å². The first kappa shape index (κ1) is 79.3. The molecular formula is C61H95N17O21P2. The van der Waals surface area contributed by atoms with Gasteiger partial charge in [-0.05, 0) is 70.2 Å². The molecule has 4 aliphatic rings. The van der Waals surface area contributed by atoms with Gasteiger partial charge in [0.1, 0.15) is 71.7 Å². The zero-order chi connectivity index (χ0) is 73.0. The lowest BCUT2D eigenvalue weighted by Gasteiger charge is -2.29. The first-order valence-electron chi connectivity index (χ1n) is 33.4. The molecule has 0 aliphatic carbocycles. The van der Waals surface area contributed by atoms with Gasteiger partial charge in [-0.25, -0.2) is 33.7 Å². The van der Waals surface area contributed by atoms with E-state index in [9.17, 15) is 62.7 Å². The number of ether oxygens (including phenoxy) is 4. The number of aliphatic carboxylic acids is 1. The molecule has 560 valence electrons. The first-order chi connectivity index (χ1) is 48.0. The van der Waals surface area contributed by atoms with Crippen molar-refractivity contribution in [2.24, 2.45) is 0 Å². The van der Waals surface area contributed by atoms with Crippen LogP contribution in [0.15, 0.2) is 54.0 Å². The summed E-state index contributed by atoms with van der Waals surface area (Å²) in [6.07, 6.45) is -4.61. The minimum absolute atomic E-state index is 0.00570. The number of nitrogens with two attached hydrogens (primary N) is 2. The number of carbonyl (C=O) groups is 6. The van der Waals surface area contributed by atoms with Crippen molar-refractivity contribution in [1.29, 1.82) is 0 Å². The average Bonchev–Trinajstić information content (AvgIpc) is 1.62. The Morgan fingerprint density at radius 2 is 1.39 bits per heavy atom. The fraction of sp³-hybridized carbons (Fsp3) is 0.656. The van der Waals surface area contributed by atoms with Gasteiger partial charge in [0.05, 0.1) is 52.4 Å². The van der Waals surface area contributed by atoms with Crippen LogP contribution in [0.2, 0.25) is 0 Å². The molecule has 7 heterocycles. The third-order valence-corrected chi connectivity index (χ3v) is 19.1. The van der Waals surface area contributed by atoms with Crippen molar-refractivity contribution in [3.8, 4) is 5.75 Å². The number of aliphatic hydroxyl groups is 1. The summed E-state index contributed by atoms with van der Waals surface area (Å²) in [6, 6.07) is 3.48. The number of alkyl carbamates (subject to hydrolysis) is 1. The second kappa shape index (κ2) is 37.2. The fourth-order valence-electron chi connectivity index (χ4n) is 11.8. The van der Waals surface area contributed by atoms with Crippen LogP contribution in [0.25, 0.3) is 11.2 Å². The molecule has 4 fully saturated rings. The van der Waals surface area contributed by atoms with Crippen LogP contribution in [0.1, 0.15) is 90.7 Å². The average molecular weight is 1460 g/mol. The van der Waals surface area contributed by atoms with E-state index in [1.165, 1.54) is 37.2 Å². The zero-order valence-corrected chi connectivity index (χ0v) is 59.0. The number of hydrogen-bond acceptors (Lipinski definition) is 28. The van der Waals surface area contributed by atoms with Gasteiger partial charge in [-0.1, -0.05) is 25.0 Å². The molecule has 0 spiro atoms. The molecule has 8 rings (SSSR count). The maximum atomic E-state index is 14.9. The summed E-state index contributed by atoms with van der Waals surface area (Å²) < 4.78 is 74.9. The number of carbonyl (C=O) groups excluding carboxylic acids is 5. The minimum Gasteiger partial charge on any atom is -0.497 e. The highest BCUT2D eigenvalue weighted by molar-refractivity contribution is 7.47. The van der Waals surface area contributed by atoms with E-state index < -0.39 is 119 Å². The summed E-state index contributed by atoms with van der Waals surface area (Å²) in [4.78, 5) is 139. The van der Waals surface area contributed by atoms with Gasteiger partial charge < -0.3 is 77.0 Å². The largest absolute Gasteiger partial charge is 0.497 e. The molecule has 1 aromatic carbocycles. The topological polar surface area (TPSA) is 495 Å². The van der Waals surface area contributed by atoms with Crippen molar-refractivity contribution >= 4 is 74.1 Å². The molecule has 4 saturated heterocycles. The number of fused-ring (bicyclic) bond motifs is 4. The van der Waals surface area contributed by atoms with Crippen molar-refractivity contribution in [2.45, 2.75) is 140 Å². The predicted octanol–water partition coefficient (Wildman–Crippen LogP) is -0.544. The van der Waals surface area contributed by atoms with E-state index in [0.29, 0.717) is 69.7 Å². The lowest BCUT2D eigenvalue weighted by Crippen LogP contribution is -2.58. The highest BCUT2D eigenvalue weighted by Gasteiger charge is 2.49. The number of rotatable bonds is 34. The Hall–Kier alpha value is -7.39. The molecule has 0 radical (unpaired) electrons. The standard InChI is InChI=1S/C61H95N17O21P2/c1-39(79)64-18-10-11-42(70-60(87)98-61(2,3)4)56(84)69-43(31-40-12-14-41(92-5)15-13-40)57(85)72-51-46(97-58(53(51)83)78-38-68-52-54(63)66-37-67-55(52)78)36-95-101(90,91)99-44-32-49(77-19-16-47(62)71-59(77)86)96-45(44)35-94-100(88,89)93-30-9-7-6-8-17-65-48(80)33-75-26-22-73-20-21-74(23-27-75)25-29-76(28-24-73)34-50(81)82/h12-16,19,37-38,42-46,49,51,53,58,83H,6-11,17-18,20-36H2,1-5H3,(H,64,79)(H,65,80)(H,69,84)(H,70,87)(H,72,85)(H,81,82)(H,88,89)(H,90,91)(H2,62,71,86)(H2,63,66,67)/t42-,43+,44-,45-,46-,49-,51?,53+,58-/m1/s1. The van der Waals surface area contributed by atoms with Crippen LogP contribution in [0, 0.1) is 0 Å². The Kier molecular flexibility index (Phi) is 29.2. The zero-order valence-electron chi connectivity index (χ0n) is 57.2. The second-order valence-electron chi connectivity index (χ2n) is 25.9. The van der Waals surface area contributed by atoms with E-state index in [1.807, 2.05) is 4.90 Å². The van der Waals surface area contributed by atoms with Gasteiger partial charge in [-0.15, -0.1) is 0 Å². The molecule has 5 unspecified atom stereocenters. The number of benzene rings is 1. The number of imidazole rings is 1. The number of methoxy groups -OCH3 is 1. The quantitative estimate of drug-likeness (QED) is 0.0207. The Bertz CT molecular complexity index is 3570. The smallest absolute Gasteiger partial charge is 0.472 e. The maximum Gasteiger partial charge on any atom is 0.472 e. The van der Waals surface area contributed by atoms with Gasteiger partial charge in [0.15, 0.2) is 17.7 Å². The minimum atomic E-state index is -5.38. The van der Waals surface area contributed by atoms with Crippen LogP contribution in [0.5, 0.6) is 5.75 Å². The first-order valence-corrected chi connectivity index (χ1v) is 36.4. The van der Waals surface area contributed by atoms with E-state index >= 15 is 0 Å². The van der Waals surface area contributed by atoms with E-state index in [4.69, 9.17) is 48.5 Å². The van der Waals surface area contributed by atoms with Crippen LogP contribution in [-0.4, -0.2) is 271 Å². The third-order valence-electron chi connectivity index (χ3n) is 17.1. The Balaban J connectivity index is 0.895. The van der Waals surface area contributed by atoms with Gasteiger partial charge in [-0.2, -0.15) is 4.98 Å². The number of hydrogen-bond donors (Lipinski definition) is 11. The van der Waals surface area contributed by atoms with Crippen LogP contribution >= 0.6 is 15.6 Å². The summed E-state index contributed by atoms with van der Waals surface area (Å²) in [5, 5.41) is 35.2. The predicted molar refractivity (Wildman–Crippen MR) is 360 cm³/mol. The third kappa shape index (κ3) is 24.9. The van der Waals surface area contributed by atoms with Gasteiger partial charge in [-0.3, -0.25) is 70.8 Å². The van der Waals surface area contributed by atoms with Crippen LogP contribution in [0.4, 0.5) is 16.4 Å². The van der Waals surface area contributed by atoms with E-state index in [1.54, 1.807) is 45.0 Å². The molecule has 40 heteroatoms. The number of nitrogens with zero attached hydrogens (tertiary/aromatic N) is 10. The number of nitrogen functional groups attached to an aromatic ring is 2. The lowest BCUT2D eigenvalue weighted by atomic mass is 10.0. The van der Waals surface area contributed by atoms with Crippen molar-refractivity contribution in [1.82, 2.24) is 75.3 Å². The summed E-state index contributed by atoms with van der Waals surface area (Å²) in [5.41, 5.74) is 10.7. The molecule has 3 aromatic heterocycles. The number of aromatic nitrogens is 6. The Labute approximate surface area is 583 Å². The maximum absolute atomic E-state index is 14.9. The molecule has 4 aromatic rings. The molecule has 38 nitrogen and oxygen atoms in total. The molecule has 5 amide bonds. The van der Waals surface area contributed by atoms with Gasteiger partial charge >= 0.3 is 33.4 Å². The van der Waals surface area contributed by atoms with Crippen molar-refractivity contribution < 1.29 is 94.9 Å². The molecule has 2 bridgehead atoms. The molecule has 4 aliphatic heterocycles. The molecular weight excluding hydrogens is 1370 g/mol. The van der Waals surface area contributed by atoms with Gasteiger partial charge in [0, 0.05) is 104 Å². The number of carboxylic acids is 1. The van der Waals surface area contributed by atoms with E-state index in [0.717, 1.165) is 50.2 Å². The van der Waals surface area contributed by atoms with Crippen LogP contribution in [0.3, 0.4) is 0 Å². The number of amides is 5. The highest BCUT2D eigenvalue weighted by atomic mass is 31.2. The normalized spacial score (nSPS) is 24.0. The molecule has 13 N–H and O–H groups in total. The Morgan fingerprint density at radius 1 is 0.743 bits per heavy atom. The number of phosphoric acid groups is 2.